The monoisotopic (exact) mass is 365 g/mol. The van der Waals surface area contributed by atoms with E-state index in [0.29, 0.717) is 29.0 Å². The molecule has 128 valence electrons. The highest BCUT2D eigenvalue weighted by Gasteiger charge is 2.05. The molecule has 6 heteroatoms. The van der Waals surface area contributed by atoms with Crippen LogP contribution in [0.2, 0.25) is 4.34 Å². The lowest BCUT2D eigenvalue weighted by Crippen LogP contribution is -2.19. The Bertz CT molecular complexity index is 712. The third-order valence-electron chi connectivity index (χ3n) is 3.14. The van der Waals surface area contributed by atoms with E-state index in [1.54, 1.807) is 13.2 Å². The summed E-state index contributed by atoms with van der Waals surface area (Å²) in [5, 5.41) is 2.82. The zero-order valence-corrected chi connectivity index (χ0v) is 15.2. The summed E-state index contributed by atoms with van der Waals surface area (Å²) in [6.45, 7) is 3.15. The zero-order chi connectivity index (χ0) is 17.4. The molecule has 4 nitrogen and oxygen atoms in total. The fraction of sp³-hybridized carbons (Fsp3) is 0.278. The lowest BCUT2D eigenvalue weighted by molar-refractivity contribution is -0.116. The maximum atomic E-state index is 11.9. The van der Waals surface area contributed by atoms with Crippen molar-refractivity contribution >= 4 is 34.9 Å². The molecule has 0 spiro atoms. The molecule has 0 fully saturated rings. The van der Waals surface area contributed by atoms with Crippen molar-refractivity contribution in [2.45, 2.75) is 19.9 Å². The summed E-state index contributed by atoms with van der Waals surface area (Å²) < 4.78 is 11.7. The van der Waals surface area contributed by atoms with Crippen LogP contribution in [0.15, 0.2) is 36.4 Å². The smallest absolute Gasteiger partial charge is 0.244 e. The van der Waals surface area contributed by atoms with Crippen molar-refractivity contribution < 1.29 is 14.3 Å². The first kappa shape index (κ1) is 18.4. The van der Waals surface area contributed by atoms with Gasteiger partial charge < -0.3 is 14.8 Å². The standard InChI is InChI=1S/C18H20ClNO3S/c1-3-10-23-15-7-4-13(11-16(15)22-2)5-9-18(21)20-12-14-6-8-17(19)24-14/h4-9,11H,3,10,12H2,1-2H3,(H,20,21)/b9-5+. The molecule has 0 saturated heterocycles. The van der Waals surface area contributed by atoms with Crippen molar-refractivity contribution in [3.63, 3.8) is 0 Å². The minimum atomic E-state index is -0.162. The normalized spacial score (nSPS) is 10.8. The summed E-state index contributed by atoms with van der Waals surface area (Å²) in [5.74, 6) is 1.19. The Morgan fingerprint density at radius 2 is 2.12 bits per heavy atom. The fourth-order valence-corrected chi connectivity index (χ4v) is 3.00. The van der Waals surface area contributed by atoms with Gasteiger partial charge in [0, 0.05) is 11.0 Å². The zero-order valence-electron chi connectivity index (χ0n) is 13.7. The van der Waals surface area contributed by atoms with Gasteiger partial charge in [0.1, 0.15) is 0 Å². The number of carbonyl (C=O) groups is 1. The molecule has 1 N–H and O–H groups in total. The van der Waals surface area contributed by atoms with Crippen molar-refractivity contribution in [1.29, 1.82) is 0 Å². The third-order valence-corrected chi connectivity index (χ3v) is 4.37. The second-order valence-electron chi connectivity index (χ2n) is 5.02. The van der Waals surface area contributed by atoms with E-state index in [4.69, 9.17) is 21.1 Å². The Hall–Kier alpha value is -1.98. The van der Waals surface area contributed by atoms with Gasteiger partial charge in [0.25, 0.3) is 0 Å². The Labute approximate surface area is 151 Å². The van der Waals surface area contributed by atoms with Crippen LogP contribution < -0.4 is 14.8 Å². The first-order valence-electron chi connectivity index (χ1n) is 7.63. The van der Waals surface area contributed by atoms with E-state index < -0.39 is 0 Å². The van der Waals surface area contributed by atoms with Crippen LogP contribution >= 0.6 is 22.9 Å². The number of ether oxygens (including phenoxy) is 2. The largest absolute Gasteiger partial charge is 0.493 e. The summed E-state index contributed by atoms with van der Waals surface area (Å²) in [6, 6.07) is 9.29. The molecular weight excluding hydrogens is 346 g/mol. The van der Waals surface area contributed by atoms with Gasteiger partial charge in [0.15, 0.2) is 11.5 Å². The summed E-state index contributed by atoms with van der Waals surface area (Å²) >= 11 is 7.31. The highest BCUT2D eigenvalue weighted by Crippen LogP contribution is 2.28. The summed E-state index contributed by atoms with van der Waals surface area (Å²) in [6.07, 6.45) is 4.17. The number of methoxy groups -OCH3 is 1. The van der Waals surface area contributed by atoms with Gasteiger partial charge in [0.2, 0.25) is 5.91 Å². The number of halogens is 1. The molecule has 0 aliphatic carbocycles. The maximum Gasteiger partial charge on any atom is 0.244 e. The predicted molar refractivity (Wildman–Crippen MR) is 99.0 cm³/mol. The van der Waals surface area contributed by atoms with Gasteiger partial charge >= 0.3 is 0 Å². The average molecular weight is 366 g/mol. The van der Waals surface area contributed by atoms with Crippen LogP contribution in [-0.4, -0.2) is 19.6 Å². The first-order valence-corrected chi connectivity index (χ1v) is 8.82. The third kappa shape index (κ3) is 5.58. The van der Waals surface area contributed by atoms with Crippen LogP contribution in [0, 0.1) is 0 Å². The number of carbonyl (C=O) groups excluding carboxylic acids is 1. The van der Waals surface area contributed by atoms with Gasteiger partial charge in [-0.05, 0) is 42.3 Å². The minimum Gasteiger partial charge on any atom is -0.493 e. The van der Waals surface area contributed by atoms with Crippen molar-refractivity contribution in [3.05, 3.63) is 51.2 Å². The van der Waals surface area contributed by atoms with Gasteiger partial charge in [-0.2, -0.15) is 0 Å². The molecule has 1 heterocycles. The van der Waals surface area contributed by atoms with Gasteiger partial charge in [-0.15, -0.1) is 11.3 Å². The summed E-state index contributed by atoms with van der Waals surface area (Å²) in [4.78, 5) is 12.9. The Morgan fingerprint density at radius 3 is 2.79 bits per heavy atom. The van der Waals surface area contributed by atoms with Crippen molar-refractivity contribution in [2.75, 3.05) is 13.7 Å². The topological polar surface area (TPSA) is 47.6 Å². The minimum absolute atomic E-state index is 0.162. The quantitative estimate of drug-likeness (QED) is 0.699. The van der Waals surface area contributed by atoms with E-state index in [2.05, 4.69) is 5.32 Å². The molecule has 0 bridgehead atoms. The van der Waals surface area contributed by atoms with Gasteiger partial charge in [-0.3, -0.25) is 4.79 Å². The van der Waals surface area contributed by atoms with Crippen LogP contribution in [0.4, 0.5) is 0 Å². The van der Waals surface area contributed by atoms with E-state index >= 15 is 0 Å². The Kier molecular flexibility index (Phi) is 7.15. The molecule has 0 saturated carbocycles. The Balaban J connectivity index is 1.93. The lowest BCUT2D eigenvalue weighted by Gasteiger charge is -2.10. The molecule has 0 unspecified atom stereocenters. The van der Waals surface area contributed by atoms with Crippen LogP contribution in [0.25, 0.3) is 6.08 Å². The number of thiophene rings is 1. The van der Waals surface area contributed by atoms with E-state index in [-0.39, 0.29) is 5.91 Å². The number of amides is 1. The molecule has 0 aliphatic heterocycles. The number of hydrogen-bond donors (Lipinski definition) is 1. The molecule has 0 atom stereocenters. The molecule has 0 radical (unpaired) electrons. The van der Waals surface area contributed by atoms with Crippen LogP contribution in [0.1, 0.15) is 23.8 Å². The highest BCUT2D eigenvalue weighted by molar-refractivity contribution is 7.16. The molecule has 1 amide bonds. The first-order chi connectivity index (χ1) is 11.6. The van der Waals surface area contributed by atoms with E-state index in [0.717, 1.165) is 16.9 Å². The van der Waals surface area contributed by atoms with Gasteiger partial charge in [-0.25, -0.2) is 0 Å². The van der Waals surface area contributed by atoms with Crippen molar-refractivity contribution in [2.24, 2.45) is 0 Å². The maximum absolute atomic E-state index is 11.9. The number of hydrogen-bond acceptors (Lipinski definition) is 4. The molecule has 2 rings (SSSR count). The van der Waals surface area contributed by atoms with Crippen LogP contribution in [-0.2, 0) is 11.3 Å². The highest BCUT2D eigenvalue weighted by atomic mass is 35.5. The number of benzene rings is 1. The van der Waals surface area contributed by atoms with Gasteiger partial charge in [-0.1, -0.05) is 24.6 Å². The second-order valence-corrected chi connectivity index (χ2v) is 6.82. The molecule has 24 heavy (non-hydrogen) atoms. The SMILES string of the molecule is CCCOc1ccc(/C=C/C(=O)NCc2ccc(Cl)s2)cc1OC. The molecule has 1 aromatic heterocycles. The van der Waals surface area contributed by atoms with Crippen molar-refractivity contribution in [3.8, 4) is 11.5 Å². The molecule has 1 aromatic carbocycles. The predicted octanol–water partition coefficient (Wildman–Crippen LogP) is 4.53. The molecule has 0 aliphatic rings. The van der Waals surface area contributed by atoms with Crippen LogP contribution in [0.5, 0.6) is 11.5 Å². The molecular formula is C18H20ClNO3S. The Morgan fingerprint density at radius 1 is 1.29 bits per heavy atom. The van der Waals surface area contributed by atoms with E-state index in [1.807, 2.05) is 37.3 Å². The van der Waals surface area contributed by atoms with E-state index in [9.17, 15) is 4.79 Å². The number of nitrogens with one attached hydrogen (secondary N) is 1. The van der Waals surface area contributed by atoms with Crippen LogP contribution in [0.3, 0.4) is 0 Å². The average Bonchev–Trinajstić information content (AvgIpc) is 3.02. The van der Waals surface area contributed by atoms with Crippen molar-refractivity contribution in [1.82, 2.24) is 5.32 Å². The second kappa shape index (κ2) is 9.35. The molecule has 2 aromatic rings. The summed E-state index contributed by atoms with van der Waals surface area (Å²) in [5.41, 5.74) is 0.866. The number of rotatable bonds is 8. The fourth-order valence-electron chi connectivity index (χ4n) is 1.97. The summed E-state index contributed by atoms with van der Waals surface area (Å²) in [7, 11) is 1.60. The van der Waals surface area contributed by atoms with Gasteiger partial charge in [0.05, 0.1) is 24.6 Å². The lowest BCUT2D eigenvalue weighted by atomic mass is 10.2. The van der Waals surface area contributed by atoms with E-state index in [1.165, 1.54) is 17.4 Å².